The number of hydrogen-bond acceptors (Lipinski definition) is 5. The second kappa shape index (κ2) is 11.0. The number of amides is 2. The average molecular weight is 447 g/mol. The monoisotopic (exact) mass is 447 g/mol. The molecule has 7 nitrogen and oxygen atoms in total. The minimum atomic E-state index is -0.748. The van der Waals surface area contributed by atoms with E-state index in [4.69, 9.17) is 4.74 Å². The van der Waals surface area contributed by atoms with Gasteiger partial charge in [0.1, 0.15) is 11.9 Å². The van der Waals surface area contributed by atoms with Gasteiger partial charge in [0.05, 0.1) is 31.6 Å². The zero-order chi connectivity index (χ0) is 23.1. The van der Waals surface area contributed by atoms with Gasteiger partial charge in [0.15, 0.2) is 0 Å². The molecule has 1 saturated heterocycles. The lowest BCUT2D eigenvalue weighted by atomic mass is 10.0. The molecule has 0 radical (unpaired) electrons. The summed E-state index contributed by atoms with van der Waals surface area (Å²) in [5, 5.41) is 15.8. The largest absolute Gasteiger partial charge is 0.442 e. The first-order chi connectivity index (χ1) is 15.4. The lowest BCUT2D eigenvalue weighted by Gasteiger charge is -2.15. The topological polar surface area (TPSA) is 90.9 Å². The summed E-state index contributed by atoms with van der Waals surface area (Å²) in [6, 6.07) is 11.4. The molecule has 0 saturated carbocycles. The summed E-state index contributed by atoms with van der Waals surface area (Å²) in [5.41, 5.74) is 2.03. The summed E-state index contributed by atoms with van der Waals surface area (Å²) in [6.07, 6.45) is -1.44. The molecule has 9 heteroatoms. The summed E-state index contributed by atoms with van der Waals surface area (Å²) < 4.78 is 32.2. The SMILES string of the molecule is CC(=O)NC[C@H]1CN(c2ccc(-c3ccc([C@H](O)CNCCCF)cc3)c(F)c2)C(=O)O1. The van der Waals surface area contributed by atoms with Gasteiger partial charge in [0.25, 0.3) is 0 Å². The van der Waals surface area contributed by atoms with Gasteiger partial charge >= 0.3 is 6.09 Å². The molecule has 172 valence electrons. The molecule has 1 aliphatic rings. The standard InChI is InChI=1S/C23H27F2N3O4/c1-15(29)27-12-19-14-28(23(31)32-19)18-7-8-20(21(25)11-18)16-3-5-17(6-4-16)22(30)13-26-10-2-9-24/h3-8,11,19,22,26,30H,2,9-10,12-14H2,1H3,(H,27,29)/t19-,22+/m0/s1. The predicted molar refractivity (Wildman–Crippen MR) is 117 cm³/mol. The van der Waals surface area contributed by atoms with Crippen LogP contribution < -0.4 is 15.5 Å². The number of nitrogens with zero attached hydrogens (tertiary/aromatic N) is 1. The highest BCUT2D eigenvalue weighted by Gasteiger charge is 2.32. The maximum absolute atomic E-state index is 14.8. The Balaban J connectivity index is 1.65. The number of aliphatic hydroxyl groups excluding tert-OH is 1. The van der Waals surface area contributed by atoms with Crippen molar-refractivity contribution in [1.82, 2.24) is 10.6 Å². The molecule has 32 heavy (non-hydrogen) atoms. The van der Waals surface area contributed by atoms with Crippen LogP contribution in [0, 0.1) is 5.82 Å². The summed E-state index contributed by atoms with van der Waals surface area (Å²) >= 11 is 0. The lowest BCUT2D eigenvalue weighted by molar-refractivity contribution is -0.119. The molecule has 3 rings (SSSR count). The van der Waals surface area contributed by atoms with Crippen molar-refractivity contribution in [2.24, 2.45) is 0 Å². The Kier molecular flexibility index (Phi) is 8.13. The van der Waals surface area contributed by atoms with E-state index in [0.717, 1.165) is 0 Å². The van der Waals surface area contributed by atoms with Crippen molar-refractivity contribution in [1.29, 1.82) is 0 Å². The van der Waals surface area contributed by atoms with Gasteiger partial charge in [-0.3, -0.25) is 14.1 Å². The fourth-order valence-corrected chi connectivity index (χ4v) is 3.44. The smallest absolute Gasteiger partial charge is 0.414 e. The number of rotatable bonds is 10. The Morgan fingerprint density at radius 2 is 2.03 bits per heavy atom. The molecule has 2 atom stereocenters. The molecule has 1 fully saturated rings. The average Bonchev–Trinajstić information content (AvgIpc) is 3.16. The molecule has 1 heterocycles. The van der Waals surface area contributed by atoms with Crippen molar-refractivity contribution in [3.05, 3.63) is 53.8 Å². The first-order valence-electron chi connectivity index (χ1n) is 10.5. The van der Waals surface area contributed by atoms with Crippen LogP contribution in [0.2, 0.25) is 0 Å². The van der Waals surface area contributed by atoms with E-state index in [1.54, 1.807) is 36.4 Å². The highest BCUT2D eigenvalue weighted by Crippen LogP contribution is 2.29. The van der Waals surface area contributed by atoms with Crippen molar-refractivity contribution < 1.29 is 28.2 Å². The molecule has 1 aliphatic heterocycles. The third-order valence-electron chi connectivity index (χ3n) is 5.15. The molecule has 0 unspecified atom stereocenters. The maximum atomic E-state index is 14.8. The molecule has 0 bridgehead atoms. The van der Waals surface area contributed by atoms with Crippen molar-refractivity contribution in [3.63, 3.8) is 0 Å². The van der Waals surface area contributed by atoms with Crippen LogP contribution in [0.25, 0.3) is 11.1 Å². The van der Waals surface area contributed by atoms with Gasteiger partial charge in [-0.2, -0.15) is 0 Å². The number of aliphatic hydroxyl groups is 1. The highest BCUT2D eigenvalue weighted by atomic mass is 19.1. The summed E-state index contributed by atoms with van der Waals surface area (Å²) in [6.45, 7) is 2.17. The fraction of sp³-hybridized carbons (Fsp3) is 0.391. The number of halogens is 2. The van der Waals surface area contributed by atoms with Crippen molar-refractivity contribution in [2.45, 2.75) is 25.6 Å². The van der Waals surface area contributed by atoms with Gasteiger partial charge in [0.2, 0.25) is 5.91 Å². The lowest BCUT2D eigenvalue weighted by Crippen LogP contribution is -2.33. The number of nitrogens with one attached hydrogen (secondary N) is 2. The van der Waals surface area contributed by atoms with Crippen LogP contribution in [0.5, 0.6) is 0 Å². The number of ether oxygens (including phenoxy) is 1. The zero-order valence-corrected chi connectivity index (χ0v) is 17.8. The first-order valence-corrected chi connectivity index (χ1v) is 10.5. The minimum Gasteiger partial charge on any atom is -0.442 e. The molecular formula is C23H27F2N3O4. The molecule has 0 spiro atoms. The normalized spacial score (nSPS) is 16.7. The van der Waals surface area contributed by atoms with E-state index in [1.807, 2.05) is 0 Å². The quantitative estimate of drug-likeness (QED) is 0.487. The van der Waals surface area contributed by atoms with E-state index < -0.39 is 30.8 Å². The number of cyclic esters (lactones) is 1. The Hall–Kier alpha value is -3.04. The number of benzene rings is 2. The molecule has 2 aromatic carbocycles. The summed E-state index contributed by atoms with van der Waals surface area (Å²) in [5.74, 6) is -0.719. The molecule has 2 amide bonds. The van der Waals surface area contributed by atoms with E-state index in [0.29, 0.717) is 41.9 Å². The van der Waals surface area contributed by atoms with Crippen LogP contribution in [0.4, 0.5) is 19.3 Å². The Labute approximate surface area is 185 Å². The second-order valence-electron chi connectivity index (χ2n) is 7.60. The number of hydrogen-bond donors (Lipinski definition) is 3. The van der Waals surface area contributed by atoms with Crippen LogP contribution in [0.3, 0.4) is 0 Å². The Morgan fingerprint density at radius 3 is 2.69 bits per heavy atom. The van der Waals surface area contributed by atoms with Crippen LogP contribution >= 0.6 is 0 Å². The van der Waals surface area contributed by atoms with E-state index in [-0.39, 0.29) is 19.0 Å². The van der Waals surface area contributed by atoms with Gasteiger partial charge < -0.3 is 20.5 Å². The van der Waals surface area contributed by atoms with E-state index in [1.165, 1.54) is 17.9 Å². The van der Waals surface area contributed by atoms with Crippen molar-refractivity contribution in [3.8, 4) is 11.1 Å². The molecule has 0 aromatic heterocycles. The van der Waals surface area contributed by atoms with E-state index in [9.17, 15) is 23.5 Å². The van der Waals surface area contributed by atoms with Crippen LogP contribution in [0.15, 0.2) is 42.5 Å². The van der Waals surface area contributed by atoms with Crippen LogP contribution in [0.1, 0.15) is 25.0 Å². The summed E-state index contributed by atoms with van der Waals surface area (Å²) in [7, 11) is 0. The van der Waals surface area contributed by atoms with Gasteiger partial charge in [0, 0.05) is 19.0 Å². The summed E-state index contributed by atoms with van der Waals surface area (Å²) in [4.78, 5) is 24.5. The highest BCUT2D eigenvalue weighted by molar-refractivity contribution is 5.90. The van der Waals surface area contributed by atoms with Crippen LogP contribution in [-0.2, 0) is 9.53 Å². The minimum absolute atomic E-state index is 0.196. The molecular weight excluding hydrogens is 420 g/mol. The van der Waals surface area contributed by atoms with Gasteiger partial charge in [-0.1, -0.05) is 24.3 Å². The maximum Gasteiger partial charge on any atom is 0.414 e. The third-order valence-corrected chi connectivity index (χ3v) is 5.15. The van der Waals surface area contributed by atoms with Gasteiger partial charge in [-0.05, 0) is 42.3 Å². The van der Waals surface area contributed by atoms with Crippen LogP contribution in [-0.4, -0.2) is 56.1 Å². The molecule has 2 aromatic rings. The van der Waals surface area contributed by atoms with Crippen molar-refractivity contribution in [2.75, 3.05) is 37.8 Å². The Bertz CT molecular complexity index is 939. The Morgan fingerprint density at radius 1 is 1.28 bits per heavy atom. The van der Waals surface area contributed by atoms with Crippen molar-refractivity contribution >= 4 is 17.7 Å². The number of carbonyl (C=O) groups is 2. The van der Waals surface area contributed by atoms with E-state index >= 15 is 0 Å². The van der Waals surface area contributed by atoms with E-state index in [2.05, 4.69) is 10.6 Å². The molecule has 0 aliphatic carbocycles. The first kappa shape index (κ1) is 23.6. The third kappa shape index (κ3) is 6.02. The number of carbonyl (C=O) groups excluding carboxylic acids is 2. The van der Waals surface area contributed by atoms with Gasteiger partial charge in [-0.25, -0.2) is 9.18 Å². The number of alkyl halides is 1. The fourth-order valence-electron chi connectivity index (χ4n) is 3.44. The van der Waals surface area contributed by atoms with Gasteiger partial charge in [-0.15, -0.1) is 0 Å². The zero-order valence-electron chi connectivity index (χ0n) is 17.8. The number of anilines is 1. The second-order valence-corrected chi connectivity index (χ2v) is 7.60. The molecule has 3 N–H and O–H groups in total. The predicted octanol–water partition coefficient (Wildman–Crippen LogP) is 2.94.